The minimum absolute atomic E-state index is 0.0137. The van der Waals surface area contributed by atoms with Gasteiger partial charge in [0.1, 0.15) is 24.0 Å². The van der Waals surface area contributed by atoms with E-state index >= 15 is 0 Å². The fourth-order valence-electron chi connectivity index (χ4n) is 6.30. The Labute approximate surface area is 276 Å². The first kappa shape index (κ1) is 34.3. The van der Waals surface area contributed by atoms with Crippen molar-refractivity contribution in [2.45, 2.75) is 89.9 Å². The smallest absolute Gasteiger partial charge is 0.407 e. The van der Waals surface area contributed by atoms with Crippen molar-refractivity contribution in [1.82, 2.24) is 15.6 Å². The summed E-state index contributed by atoms with van der Waals surface area (Å²) in [5, 5.41) is 8.92. The number of alkyl carbamates (subject to hydrolysis) is 1. The van der Waals surface area contributed by atoms with Crippen LogP contribution >= 0.6 is 0 Å². The normalized spacial score (nSPS) is 21.1. The van der Waals surface area contributed by atoms with E-state index in [0.717, 1.165) is 50.5 Å². The Balaban J connectivity index is 1.12. The standard InChI is InChI=1S/C35H48N4O8/c1-35(2,3)47-34(42)37-24-12-11-22(19-24)7-5-10-30(40)38-28-14-13-27(39-33(28)43-4)26-8-6-9-29-31(26)46-25(21-45-29)20-36-32(41)23-15-17-44-18-16-23/h6,8-9,13-14,22-25H,5,7,10-12,15-21H2,1-4H3,(H,36,41)(H,37,42)(H,38,40)/t22?,24-,25?/m1/s1. The lowest BCUT2D eigenvalue weighted by Gasteiger charge is -2.29. The van der Waals surface area contributed by atoms with Gasteiger partial charge in [0.25, 0.3) is 0 Å². The van der Waals surface area contributed by atoms with Crippen molar-refractivity contribution in [2.75, 3.05) is 38.8 Å². The fraction of sp³-hybridized carbons (Fsp3) is 0.600. The average Bonchev–Trinajstić information content (AvgIpc) is 3.49. The van der Waals surface area contributed by atoms with E-state index in [1.165, 1.54) is 7.11 Å². The van der Waals surface area contributed by atoms with Crippen molar-refractivity contribution in [3.63, 3.8) is 0 Å². The van der Waals surface area contributed by atoms with E-state index in [-0.39, 0.29) is 41.9 Å². The van der Waals surface area contributed by atoms with Gasteiger partial charge in [0, 0.05) is 37.2 Å². The van der Waals surface area contributed by atoms with Crippen LogP contribution in [0.5, 0.6) is 17.4 Å². The summed E-state index contributed by atoms with van der Waals surface area (Å²) in [6.07, 6.45) is 5.57. The van der Waals surface area contributed by atoms with Crippen LogP contribution in [-0.2, 0) is 19.1 Å². The zero-order valence-electron chi connectivity index (χ0n) is 27.9. The Morgan fingerprint density at radius 1 is 1.04 bits per heavy atom. The van der Waals surface area contributed by atoms with Gasteiger partial charge in [-0.05, 0) is 95.9 Å². The summed E-state index contributed by atoms with van der Waals surface area (Å²) in [6.45, 7) is 7.41. The number of carbonyl (C=O) groups excluding carboxylic acids is 3. The monoisotopic (exact) mass is 652 g/mol. The first-order chi connectivity index (χ1) is 22.6. The number of nitrogens with one attached hydrogen (secondary N) is 3. The molecule has 1 aliphatic carbocycles. The van der Waals surface area contributed by atoms with Crippen LogP contribution in [0.3, 0.4) is 0 Å². The Hall–Kier alpha value is -4.06. The molecule has 2 aromatic rings. The van der Waals surface area contributed by atoms with Gasteiger partial charge in [-0.25, -0.2) is 9.78 Å². The van der Waals surface area contributed by atoms with E-state index in [9.17, 15) is 14.4 Å². The molecule has 5 rings (SSSR count). The zero-order valence-corrected chi connectivity index (χ0v) is 27.9. The predicted molar refractivity (Wildman–Crippen MR) is 176 cm³/mol. The van der Waals surface area contributed by atoms with E-state index in [1.807, 2.05) is 45.0 Å². The van der Waals surface area contributed by atoms with Gasteiger partial charge in [0.2, 0.25) is 17.7 Å². The van der Waals surface area contributed by atoms with Gasteiger partial charge in [-0.3, -0.25) is 9.59 Å². The lowest BCUT2D eigenvalue weighted by molar-refractivity contribution is -0.128. The van der Waals surface area contributed by atoms with Crippen LogP contribution in [0.4, 0.5) is 10.5 Å². The lowest BCUT2D eigenvalue weighted by atomic mass is 9.99. The van der Waals surface area contributed by atoms with Crippen molar-refractivity contribution in [3.05, 3.63) is 30.3 Å². The number of ether oxygens (including phenoxy) is 5. The third kappa shape index (κ3) is 9.73. The van der Waals surface area contributed by atoms with Crippen molar-refractivity contribution in [3.8, 4) is 28.6 Å². The van der Waals surface area contributed by atoms with E-state index < -0.39 is 5.60 Å². The van der Waals surface area contributed by atoms with Gasteiger partial charge in [0.15, 0.2) is 11.5 Å². The Kier molecular flexibility index (Phi) is 11.4. The molecule has 1 saturated heterocycles. The summed E-state index contributed by atoms with van der Waals surface area (Å²) >= 11 is 0. The van der Waals surface area contributed by atoms with E-state index in [1.54, 1.807) is 6.07 Å². The molecule has 3 aliphatic rings. The highest BCUT2D eigenvalue weighted by Crippen LogP contribution is 2.41. The minimum Gasteiger partial charge on any atom is -0.486 e. The van der Waals surface area contributed by atoms with Gasteiger partial charge in [0.05, 0.1) is 19.3 Å². The third-order valence-electron chi connectivity index (χ3n) is 8.67. The number of pyridine rings is 1. The molecule has 3 heterocycles. The van der Waals surface area contributed by atoms with Crippen LogP contribution in [0.2, 0.25) is 0 Å². The number of benzene rings is 1. The highest BCUT2D eigenvalue weighted by atomic mass is 16.6. The molecular formula is C35H48N4O8. The molecule has 0 spiro atoms. The maximum absolute atomic E-state index is 12.8. The summed E-state index contributed by atoms with van der Waals surface area (Å²) < 4.78 is 28.6. The van der Waals surface area contributed by atoms with Crippen LogP contribution in [0.1, 0.15) is 72.1 Å². The molecule has 1 saturated carbocycles. The number of hydrogen-bond acceptors (Lipinski definition) is 9. The highest BCUT2D eigenvalue weighted by Gasteiger charge is 2.29. The number of nitrogens with zero attached hydrogens (tertiary/aromatic N) is 1. The van der Waals surface area contributed by atoms with Crippen LogP contribution in [0.15, 0.2) is 30.3 Å². The topological polar surface area (TPSA) is 146 Å². The number of hydrogen-bond donors (Lipinski definition) is 3. The molecule has 2 fully saturated rings. The van der Waals surface area contributed by atoms with E-state index in [4.69, 9.17) is 23.7 Å². The van der Waals surface area contributed by atoms with Crippen molar-refractivity contribution in [1.29, 1.82) is 0 Å². The molecule has 2 unspecified atom stereocenters. The number of amides is 3. The molecule has 3 amide bonds. The number of carbonyl (C=O) groups is 3. The first-order valence-electron chi connectivity index (χ1n) is 16.7. The van der Waals surface area contributed by atoms with Crippen LogP contribution < -0.4 is 30.2 Å². The molecule has 0 bridgehead atoms. The minimum atomic E-state index is -0.520. The summed E-state index contributed by atoms with van der Waals surface area (Å²) in [5.41, 5.74) is 1.28. The quantitative estimate of drug-likeness (QED) is 0.297. The molecule has 256 valence electrons. The third-order valence-corrected chi connectivity index (χ3v) is 8.67. The average molecular weight is 653 g/mol. The molecule has 12 nitrogen and oxygen atoms in total. The molecule has 3 atom stereocenters. The second-order valence-corrected chi connectivity index (χ2v) is 13.5. The molecule has 47 heavy (non-hydrogen) atoms. The number of aromatic nitrogens is 1. The second-order valence-electron chi connectivity index (χ2n) is 13.5. The Morgan fingerprint density at radius 3 is 2.62 bits per heavy atom. The predicted octanol–water partition coefficient (Wildman–Crippen LogP) is 5.24. The van der Waals surface area contributed by atoms with Crippen LogP contribution in [-0.4, -0.2) is 74.1 Å². The maximum atomic E-state index is 12.8. The molecule has 3 N–H and O–H groups in total. The van der Waals surface area contributed by atoms with Crippen LogP contribution in [0.25, 0.3) is 11.3 Å². The molecular weight excluding hydrogens is 604 g/mol. The van der Waals surface area contributed by atoms with Crippen molar-refractivity contribution in [2.24, 2.45) is 11.8 Å². The number of methoxy groups -OCH3 is 1. The highest BCUT2D eigenvalue weighted by molar-refractivity contribution is 5.92. The SMILES string of the molecule is COc1nc(-c2cccc3c2OC(CNC(=O)C2CCOCC2)CO3)ccc1NC(=O)CCCC1CC[C@@H](NC(=O)OC(C)(C)C)C1. The van der Waals surface area contributed by atoms with Gasteiger partial charge in [-0.2, -0.15) is 0 Å². The van der Waals surface area contributed by atoms with E-state index in [0.29, 0.717) is 61.6 Å². The van der Waals surface area contributed by atoms with E-state index in [2.05, 4.69) is 20.9 Å². The Morgan fingerprint density at radius 2 is 1.85 bits per heavy atom. The molecule has 2 aliphatic heterocycles. The second kappa shape index (κ2) is 15.7. The van der Waals surface area contributed by atoms with Crippen molar-refractivity contribution >= 4 is 23.6 Å². The maximum Gasteiger partial charge on any atom is 0.407 e. The number of para-hydroxylation sites is 1. The zero-order chi connectivity index (χ0) is 33.4. The molecule has 12 heteroatoms. The molecule has 1 aromatic carbocycles. The van der Waals surface area contributed by atoms with Gasteiger partial charge in [-0.1, -0.05) is 6.07 Å². The largest absolute Gasteiger partial charge is 0.486 e. The number of anilines is 1. The summed E-state index contributed by atoms with van der Waals surface area (Å²) in [6, 6.07) is 9.29. The van der Waals surface area contributed by atoms with Crippen LogP contribution in [0, 0.1) is 11.8 Å². The summed E-state index contributed by atoms with van der Waals surface area (Å²) in [4.78, 5) is 42.2. The molecule has 1 aromatic heterocycles. The van der Waals surface area contributed by atoms with Gasteiger partial charge in [-0.15, -0.1) is 0 Å². The number of rotatable bonds is 11. The fourth-order valence-corrected chi connectivity index (χ4v) is 6.30. The Bertz CT molecular complexity index is 1400. The summed E-state index contributed by atoms with van der Waals surface area (Å²) in [5.74, 6) is 1.76. The molecule has 0 radical (unpaired) electrons. The van der Waals surface area contributed by atoms with Gasteiger partial charge < -0.3 is 39.6 Å². The summed E-state index contributed by atoms with van der Waals surface area (Å²) in [7, 11) is 1.51. The van der Waals surface area contributed by atoms with Crippen molar-refractivity contribution < 1.29 is 38.1 Å². The number of fused-ring (bicyclic) bond motifs is 1. The first-order valence-corrected chi connectivity index (χ1v) is 16.7. The lowest BCUT2D eigenvalue weighted by Crippen LogP contribution is -2.43. The van der Waals surface area contributed by atoms with Gasteiger partial charge >= 0.3 is 6.09 Å².